The van der Waals surface area contributed by atoms with Crippen molar-refractivity contribution in [1.29, 1.82) is 0 Å². The highest BCUT2D eigenvalue weighted by molar-refractivity contribution is 5.31. The Morgan fingerprint density at radius 1 is 1.44 bits per heavy atom. The van der Waals surface area contributed by atoms with Crippen LogP contribution in [0.1, 0.15) is 23.7 Å². The molecule has 2 rings (SSSR count). The lowest BCUT2D eigenvalue weighted by molar-refractivity contribution is 0.163. The third-order valence-corrected chi connectivity index (χ3v) is 2.86. The Morgan fingerprint density at radius 3 is 2.94 bits per heavy atom. The molecule has 0 bridgehead atoms. The standard InChI is InChI=1S/C13H17N3O2/c1-16-9-10(7-15-16)3-4-12(17)11-5-6-14-8-13(11)18-2/h5-9,12,17H,3-4H2,1-2H3. The molecule has 1 unspecified atom stereocenters. The number of ether oxygens (including phenoxy) is 1. The molecule has 1 atom stereocenters. The van der Waals surface area contributed by atoms with Crippen molar-refractivity contribution < 1.29 is 9.84 Å². The summed E-state index contributed by atoms with van der Waals surface area (Å²) in [5, 5.41) is 14.3. The number of aliphatic hydroxyl groups excluding tert-OH is 1. The van der Waals surface area contributed by atoms with E-state index in [0.29, 0.717) is 12.2 Å². The van der Waals surface area contributed by atoms with Crippen LogP contribution in [0.15, 0.2) is 30.9 Å². The van der Waals surface area contributed by atoms with Crippen LogP contribution in [0, 0.1) is 0 Å². The molecule has 0 aliphatic rings. The third-order valence-electron chi connectivity index (χ3n) is 2.86. The van der Waals surface area contributed by atoms with Gasteiger partial charge in [-0.25, -0.2) is 0 Å². The lowest BCUT2D eigenvalue weighted by Gasteiger charge is -2.13. The van der Waals surface area contributed by atoms with Crippen molar-refractivity contribution in [3.8, 4) is 5.75 Å². The smallest absolute Gasteiger partial charge is 0.142 e. The normalized spacial score (nSPS) is 12.4. The molecule has 2 aromatic heterocycles. The van der Waals surface area contributed by atoms with Crippen molar-refractivity contribution in [2.24, 2.45) is 7.05 Å². The molecule has 2 heterocycles. The second-order valence-corrected chi connectivity index (χ2v) is 4.19. The second-order valence-electron chi connectivity index (χ2n) is 4.19. The van der Waals surface area contributed by atoms with Crippen molar-refractivity contribution in [2.45, 2.75) is 18.9 Å². The second kappa shape index (κ2) is 5.64. The number of hydrogen-bond donors (Lipinski definition) is 1. The Balaban J connectivity index is 2.01. The number of pyridine rings is 1. The fourth-order valence-corrected chi connectivity index (χ4v) is 1.90. The molecule has 0 saturated carbocycles. The molecule has 18 heavy (non-hydrogen) atoms. The summed E-state index contributed by atoms with van der Waals surface area (Å²) >= 11 is 0. The summed E-state index contributed by atoms with van der Waals surface area (Å²) < 4.78 is 6.94. The highest BCUT2D eigenvalue weighted by Gasteiger charge is 2.13. The van der Waals surface area contributed by atoms with Crippen molar-refractivity contribution in [2.75, 3.05) is 7.11 Å². The molecule has 0 fully saturated rings. The van der Waals surface area contributed by atoms with E-state index < -0.39 is 6.10 Å². The molecule has 0 aliphatic heterocycles. The van der Waals surface area contributed by atoms with Crippen molar-refractivity contribution in [3.63, 3.8) is 0 Å². The fraction of sp³-hybridized carbons (Fsp3) is 0.385. The van der Waals surface area contributed by atoms with Crippen molar-refractivity contribution >= 4 is 0 Å². The summed E-state index contributed by atoms with van der Waals surface area (Å²) in [5.41, 5.74) is 1.89. The molecule has 0 aliphatic carbocycles. The number of aryl methyl sites for hydroxylation is 2. The van der Waals surface area contributed by atoms with E-state index in [0.717, 1.165) is 17.5 Å². The lowest BCUT2D eigenvalue weighted by Crippen LogP contribution is -2.02. The zero-order valence-corrected chi connectivity index (χ0v) is 10.6. The molecule has 5 heteroatoms. The predicted octanol–water partition coefficient (Wildman–Crippen LogP) is 1.49. The van der Waals surface area contributed by atoms with Gasteiger partial charge in [0.2, 0.25) is 0 Å². The van der Waals surface area contributed by atoms with Gasteiger partial charge in [-0.1, -0.05) is 0 Å². The number of aromatic nitrogens is 3. The Labute approximate surface area is 106 Å². The van der Waals surface area contributed by atoms with E-state index in [9.17, 15) is 5.11 Å². The molecule has 2 aromatic rings. The number of methoxy groups -OCH3 is 1. The zero-order chi connectivity index (χ0) is 13.0. The third kappa shape index (κ3) is 2.87. The monoisotopic (exact) mass is 247 g/mol. The van der Waals surface area contributed by atoms with Crippen LogP contribution in [0.2, 0.25) is 0 Å². The molecule has 0 radical (unpaired) electrons. The molecule has 96 valence electrons. The van der Waals surface area contributed by atoms with Gasteiger partial charge in [0, 0.05) is 25.0 Å². The van der Waals surface area contributed by atoms with Gasteiger partial charge in [-0.15, -0.1) is 0 Å². The average molecular weight is 247 g/mol. The largest absolute Gasteiger partial charge is 0.495 e. The first-order valence-corrected chi connectivity index (χ1v) is 5.84. The highest BCUT2D eigenvalue weighted by Crippen LogP contribution is 2.26. The van der Waals surface area contributed by atoms with Gasteiger partial charge in [0.15, 0.2) is 0 Å². The molecule has 0 aromatic carbocycles. The number of rotatable bonds is 5. The van der Waals surface area contributed by atoms with E-state index in [4.69, 9.17) is 4.74 Å². The van der Waals surface area contributed by atoms with Crippen LogP contribution in [0.3, 0.4) is 0 Å². The first-order chi connectivity index (χ1) is 8.70. The van der Waals surface area contributed by atoms with Gasteiger partial charge in [0.1, 0.15) is 5.75 Å². The maximum absolute atomic E-state index is 10.2. The topological polar surface area (TPSA) is 60.2 Å². The van der Waals surface area contributed by atoms with Gasteiger partial charge in [0.05, 0.1) is 25.6 Å². The minimum absolute atomic E-state index is 0.553. The molecule has 0 spiro atoms. The average Bonchev–Trinajstić information content (AvgIpc) is 2.81. The van der Waals surface area contributed by atoms with Crippen LogP contribution in [-0.2, 0) is 13.5 Å². The summed E-state index contributed by atoms with van der Waals surface area (Å²) in [7, 11) is 3.46. The summed E-state index contributed by atoms with van der Waals surface area (Å²) in [4.78, 5) is 3.97. The maximum atomic E-state index is 10.2. The van der Waals surface area contributed by atoms with E-state index in [1.165, 1.54) is 0 Å². The number of hydrogen-bond acceptors (Lipinski definition) is 4. The maximum Gasteiger partial charge on any atom is 0.142 e. The predicted molar refractivity (Wildman–Crippen MR) is 67.3 cm³/mol. The molecule has 1 N–H and O–H groups in total. The van der Waals surface area contributed by atoms with Gasteiger partial charge in [-0.2, -0.15) is 5.10 Å². The summed E-state index contributed by atoms with van der Waals surface area (Å²) in [6, 6.07) is 1.78. The van der Waals surface area contributed by atoms with E-state index >= 15 is 0 Å². The van der Waals surface area contributed by atoms with Gasteiger partial charge in [-0.3, -0.25) is 9.67 Å². The minimum Gasteiger partial charge on any atom is -0.495 e. The van der Waals surface area contributed by atoms with E-state index in [-0.39, 0.29) is 0 Å². The van der Waals surface area contributed by atoms with Crippen LogP contribution in [0.5, 0.6) is 5.75 Å². The summed E-state index contributed by atoms with van der Waals surface area (Å²) in [6.07, 6.45) is 7.90. The van der Waals surface area contributed by atoms with Crippen LogP contribution in [-0.4, -0.2) is 27.0 Å². The van der Waals surface area contributed by atoms with E-state index in [2.05, 4.69) is 10.1 Å². The van der Waals surface area contributed by atoms with Crippen molar-refractivity contribution in [1.82, 2.24) is 14.8 Å². The Kier molecular flexibility index (Phi) is 3.94. The lowest BCUT2D eigenvalue weighted by atomic mass is 10.0. The van der Waals surface area contributed by atoms with Gasteiger partial charge in [0.25, 0.3) is 0 Å². The SMILES string of the molecule is COc1cnccc1C(O)CCc1cnn(C)c1. The van der Waals surface area contributed by atoms with Gasteiger partial charge < -0.3 is 9.84 Å². The van der Waals surface area contributed by atoms with Crippen molar-refractivity contribution in [3.05, 3.63) is 42.0 Å². The Hall–Kier alpha value is -1.88. The zero-order valence-electron chi connectivity index (χ0n) is 10.6. The van der Waals surface area contributed by atoms with E-state index in [1.54, 1.807) is 30.3 Å². The van der Waals surface area contributed by atoms with Crippen LogP contribution in [0.4, 0.5) is 0 Å². The summed E-state index contributed by atoms with van der Waals surface area (Å²) in [5.74, 6) is 0.621. The summed E-state index contributed by atoms with van der Waals surface area (Å²) in [6.45, 7) is 0. The molecular weight excluding hydrogens is 230 g/mol. The van der Waals surface area contributed by atoms with Crippen LogP contribution < -0.4 is 4.74 Å². The number of aliphatic hydroxyl groups is 1. The molecule has 0 amide bonds. The quantitative estimate of drug-likeness (QED) is 0.869. The van der Waals surface area contributed by atoms with Gasteiger partial charge >= 0.3 is 0 Å². The molecule has 0 saturated heterocycles. The molecule has 5 nitrogen and oxygen atoms in total. The molecular formula is C13H17N3O2. The van der Waals surface area contributed by atoms with Gasteiger partial charge in [-0.05, 0) is 24.5 Å². The first-order valence-electron chi connectivity index (χ1n) is 5.84. The Bertz CT molecular complexity index is 510. The fourth-order valence-electron chi connectivity index (χ4n) is 1.90. The van der Waals surface area contributed by atoms with Crippen LogP contribution in [0.25, 0.3) is 0 Å². The number of nitrogens with zero attached hydrogens (tertiary/aromatic N) is 3. The highest BCUT2D eigenvalue weighted by atomic mass is 16.5. The van der Waals surface area contributed by atoms with Crippen LogP contribution >= 0.6 is 0 Å². The minimum atomic E-state index is -0.553. The first kappa shape index (κ1) is 12.6. The Morgan fingerprint density at radius 2 is 2.28 bits per heavy atom. The van der Waals surface area contributed by atoms with E-state index in [1.807, 2.05) is 19.4 Å².